The minimum Gasteiger partial charge on any atom is -0.325 e. The second kappa shape index (κ2) is 2.31. The van der Waals surface area contributed by atoms with Crippen LogP contribution in [0.25, 0.3) is 0 Å². The lowest BCUT2D eigenvalue weighted by Gasteiger charge is -2.05. The molecule has 2 rings (SSSR count). The minimum absolute atomic E-state index is 0.0916. The third kappa shape index (κ3) is 1.57. The van der Waals surface area contributed by atoms with Crippen LogP contribution in [-0.4, -0.2) is 10.5 Å². The molecule has 1 aromatic rings. The molecule has 1 saturated carbocycles. The normalized spacial score (nSPS) is 19.7. The maximum atomic E-state index is 5.94. The Morgan fingerprint density at radius 2 is 2.27 bits per heavy atom. The van der Waals surface area contributed by atoms with Gasteiger partial charge in [-0.1, -0.05) is 6.07 Å². The van der Waals surface area contributed by atoms with Crippen molar-refractivity contribution in [3.63, 3.8) is 0 Å². The lowest BCUT2D eigenvalue weighted by atomic mass is 10.1. The SMILES string of the molecule is NC1(Cc2ccccn2)CC1. The molecular weight excluding hydrogens is 136 g/mol. The highest BCUT2D eigenvalue weighted by molar-refractivity contribution is 5.12. The van der Waals surface area contributed by atoms with Gasteiger partial charge in [-0.25, -0.2) is 0 Å². The van der Waals surface area contributed by atoms with Crippen LogP contribution in [0.2, 0.25) is 0 Å². The standard InChI is InChI=1S/C9H12N2/c10-9(4-5-9)7-8-3-1-2-6-11-8/h1-3,6H,4-5,7,10H2. The van der Waals surface area contributed by atoms with E-state index in [-0.39, 0.29) is 5.54 Å². The van der Waals surface area contributed by atoms with Gasteiger partial charge in [-0.05, 0) is 25.0 Å². The summed E-state index contributed by atoms with van der Waals surface area (Å²) in [5.74, 6) is 0. The molecule has 0 atom stereocenters. The molecule has 0 amide bonds. The molecule has 1 aliphatic carbocycles. The first kappa shape index (κ1) is 6.80. The first-order valence-corrected chi connectivity index (χ1v) is 3.97. The van der Waals surface area contributed by atoms with Gasteiger partial charge in [-0.15, -0.1) is 0 Å². The van der Waals surface area contributed by atoms with E-state index >= 15 is 0 Å². The van der Waals surface area contributed by atoms with Gasteiger partial charge in [0, 0.05) is 23.9 Å². The number of nitrogens with zero attached hydrogens (tertiary/aromatic N) is 1. The second-order valence-corrected chi connectivity index (χ2v) is 3.36. The summed E-state index contributed by atoms with van der Waals surface area (Å²) >= 11 is 0. The summed E-state index contributed by atoms with van der Waals surface area (Å²) < 4.78 is 0. The molecule has 0 spiro atoms. The van der Waals surface area contributed by atoms with E-state index in [1.54, 1.807) is 0 Å². The average Bonchev–Trinajstić information content (AvgIpc) is 2.70. The van der Waals surface area contributed by atoms with Crippen molar-refractivity contribution in [2.45, 2.75) is 24.8 Å². The molecular formula is C9H12N2. The van der Waals surface area contributed by atoms with Crippen molar-refractivity contribution in [1.29, 1.82) is 0 Å². The molecule has 1 fully saturated rings. The third-order valence-corrected chi connectivity index (χ3v) is 2.15. The summed E-state index contributed by atoms with van der Waals surface area (Å²) in [6.45, 7) is 0. The molecule has 0 saturated heterocycles. The van der Waals surface area contributed by atoms with Crippen LogP contribution in [-0.2, 0) is 6.42 Å². The monoisotopic (exact) mass is 148 g/mol. The van der Waals surface area contributed by atoms with Gasteiger partial charge < -0.3 is 5.73 Å². The lowest BCUT2D eigenvalue weighted by molar-refractivity contribution is 0.659. The van der Waals surface area contributed by atoms with E-state index < -0.39 is 0 Å². The highest BCUT2D eigenvalue weighted by Gasteiger charge is 2.38. The molecule has 0 aliphatic heterocycles. The smallest absolute Gasteiger partial charge is 0.0421 e. The Balaban J connectivity index is 2.07. The molecule has 0 radical (unpaired) electrons. The van der Waals surface area contributed by atoms with Gasteiger partial charge >= 0.3 is 0 Å². The van der Waals surface area contributed by atoms with E-state index in [4.69, 9.17) is 5.73 Å². The zero-order valence-corrected chi connectivity index (χ0v) is 6.46. The summed E-state index contributed by atoms with van der Waals surface area (Å²) in [7, 11) is 0. The van der Waals surface area contributed by atoms with Crippen LogP contribution in [0.4, 0.5) is 0 Å². The predicted octanol–water partition coefficient (Wildman–Crippen LogP) is 1.12. The maximum absolute atomic E-state index is 5.94. The summed E-state index contributed by atoms with van der Waals surface area (Å²) in [5, 5.41) is 0. The van der Waals surface area contributed by atoms with Gasteiger partial charge in [0.05, 0.1) is 0 Å². The Morgan fingerprint density at radius 3 is 2.82 bits per heavy atom. The van der Waals surface area contributed by atoms with E-state index in [9.17, 15) is 0 Å². The van der Waals surface area contributed by atoms with Crippen molar-refractivity contribution < 1.29 is 0 Å². The zero-order valence-electron chi connectivity index (χ0n) is 6.46. The van der Waals surface area contributed by atoms with Crippen molar-refractivity contribution in [2.75, 3.05) is 0 Å². The fourth-order valence-electron chi connectivity index (χ4n) is 1.20. The molecule has 1 heterocycles. The van der Waals surface area contributed by atoms with Crippen molar-refractivity contribution in [3.05, 3.63) is 30.1 Å². The maximum Gasteiger partial charge on any atom is 0.0421 e. The summed E-state index contributed by atoms with van der Waals surface area (Å²) in [6.07, 6.45) is 5.07. The number of aromatic nitrogens is 1. The van der Waals surface area contributed by atoms with Crippen LogP contribution in [0.3, 0.4) is 0 Å². The lowest BCUT2D eigenvalue weighted by Crippen LogP contribution is -2.24. The van der Waals surface area contributed by atoms with E-state index in [2.05, 4.69) is 4.98 Å². The van der Waals surface area contributed by atoms with Crippen molar-refractivity contribution in [1.82, 2.24) is 4.98 Å². The van der Waals surface area contributed by atoms with Crippen LogP contribution in [0.1, 0.15) is 18.5 Å². The number of hydrogen-bond donors (Lipinski definition) is 1. The first-order chi connectivity index (χ1) is 5.29. The van der Waals surface area contributed by atoms with Gasteiger partial charge in [-0.3, -0.25) is 4.98 Å². The van der Waals surface area contributed by atoms with Gasteiger partial charge in [-0.2, -0.15) is 0 Å². The van der Waals surface area contributed by atoms with Crippen LogP contribution < -0.4 is 5.73 Å². The van der Waals surface area contributed by atoms with Gasteiger partial charge in [0.1, 0.15) is 0 Å². The Hall–Kier alpha value is -0.890. The fraction of sp³-hybridized carbons (Fsp3) is 0.444. The highest BCUT2D eigenvalue weighted by Crippen LogP contribution is 2.34. The van der Waals surface area contributed by atoms with Gasteiger partial charge in [0.15, 0.2) is 0 Å². The summed E-state index contributed by atoms with van der Waals surface area (Å²) in [4.78, 5) is 4.22. The van der Waals surface area contributed by atoms with Gasteiger partial charge in [0.2, 0.25) is 0 Å². The van der Waals surface area contributed by atoms with Crippen molar-refractivity contribution >= 4 is 0 Å². The molecule has 0 unspecified atom stereocenters. The van der Waals surface area contributed by atoms with Crippen LogP contribution in [0.15, 0.2) is 24.4 Å². The van der Waals surface area contributed by atoms with E-state index in [0.29, 0.717) is 0 Å². The second-order valence-electron chi connectivity index (χ2n) is 3.36. The molecule has 1 aromatic heterocycles. The predicted molar refractivity (Wildman–Crippen MR) is 44.1 cm³/mol. The largest absolute Gasteiger partial charge is 0.325 e. The van der Waals surface area contributed by atoms with E-state index in [1.807, 2.05) is 24.4 Å². The Bertz CT molecular complexity index is 239. The number of hydrogen-bond acceptors (Lipinski definition) is 2. The molecule has 1 aliphatic rings. The molecule has 58 valence electrons. The molecule has 0 bridgehead atoms. The first-order valence-electron chi connectivity index (χ1n) is 3.97. The Kier molecular flexibility index (Phi) is 1.43. The zero-order chi connectivity index (χ0) is 7.73. The minimum atomic E-state index is 0.0916. The van der Waals surface area contributed by atoms with Crippen molar-refractivity contribution in [2.24, 2.45) is 5.73 Å². The topological polar surface area (TPSA) is 38.9 Å². The Morgan fingerprint density at radius 1 is 1.45 bits per heavy atom. The molecule has 2 N–H and O–H groups in total. The van der Waals surface area contributed by atoms with Gasteiger partial charge in [0.25, 0.3) is 0 Å². The van der Waals surface area contributed by atoms with Crippen molar-refractivity contribution in [3.8, 4) is 0 Å². The molecule has 2 heteroatoms. The molecule has 11 heavy (non-hydrogen) atoms. The van der Waals surface area contributed by atoms with Crippen LogP contribution in [0.5, 0.6) is 0 Å². The average molecular weight is 148 g/mol. The van der Waals surface area contributed by atoms with Crippen LogP contribution >= 0.6 is 0 Å². The van der Waals surface area contributed by atoms with Crippen LogP contribution in [0, 0.1) is 0 Å². The van der Waals surface area contributed by atoms with E-state index in [1.165, 1.54) is 0 Å². The summed E-state index contributed by atoms with van der Waals surface area (Å²) in [5.41, 5.74) is 7.15. The third-order valence-electron chi connectivity index (χ3n) is 2.15. The quantitative estimate of drug-likeness (QED) is 0.682. The number of nitrogens with two attached hydrogens (primary N) is 1. The summed E-state index contributed by atoms with van der Waals surface area (Å²) in [6, 6.07) is 5.97. The fourth-order valence-corrected chi connectivity index (χ4v) is 1.20. The molecule has 2 nitrogen and oxygen atoms in total. The molecule has 0 aromatic carbocycles. The highest BCUT2D eigenvalue weighted by atomic mass is 14.8. The number of pyridine rings is 1. The van der Waals surface area contributed by atoms with E-state index in [0.717, 1.165) is 25.0 Å². The Labute approximate surface area is 66.4 Å². The number of rotatable bonds is 2.